The van der Waals surface area contributed by atoms with Crippen LogP contribution in [0, 0.1) is 0 Å². The number of halogens is 1. The Bertz CT molecular complexity index is 799. The summed E-state index contributed by atoms with van der Waals surface area (Å²) in [6.45, 7) is 2.51. The van der Waals surface area contributed by atoms with Gasteiger partial charge in [0.25, 0.3) is 5.91 Å². The second-order valence-electron chi connectivity index (χ2n) is 4.92. The van der Waals surface area contributed by atoms with Gasteiger partial charge in [-0.2, -0.15) is 13.4 Å². The van der Waals surface area contributed by atoms with Gasteiger partial charge in [-0.1, -0.05) is 12.1 Å². The van der Waals surface area contributed by atoms with Gasteiger partial charge in [0.05, 0.1) is 23.0 Å². The lowest BCUT2D eigenvalue weighted by Gasteiger charge is -2.27. The Balaban J connectivity index is 1.80. The maximum absolute atomic E-state index is 13.0. The molecule has 1 aromatic rings. The monoisotopic (exact) mass is 356 g/mol. The van der Waals surface area contributed by atoms with Crippen molar-refractivity contribution in [1.29, 1.82) is 0 Å². The van der Waals surface area contributed by atoms with E-state index in [-0.39, 0.29) is 5.91 Å². The molecule has 0 radical (unpaired) electrons. The lowest BCUT2D eigenvalue weighted by molar-refractivity contribution is -0.113. The molecule has 23 heavy (non-hydrogen) atoms. The average Bonchev–Trinajstić information content (AvgIpc) is 2.89. The molecule has 0 saturated carbocycles. The minimum atomic E-state index is -4.77. The minimum Gasteiger partial charge on any atom is -0.378 e. The van der Waals surface area contributed by atoms with Gasteiger partial charge in [-0.25, -0.2) is 0 Å². The molecule has 3 rings (SSSR count). The molecule has 1 aromatic carbocycles. The molecule has 1 fully saturated rings. The molecule has 2 aliphatic heterocycles. The number of amides is 1. The van der Waals surface area contributed by atoms with Crippen molar-refractivity contribution < 1.29 is 21.8 Å². The van der Waals surface area contributed by atoms with Gasteiger partial charge in [0.2, 0.25) is 0 Å². The second-order valence-corrected chi connectivity index (χ2v) is 7.28. The molecule has 0 spiro atoms. The van der Waals surface area contributed by atoms with E-state index < -0.39 is 15.1 Å². The first-order valence-corrected chi connectivity index (χ1v) is 9.03. The fourth-order valence-corrected chi connectivity index (χ4v) is 3.68. The molecular formula is C14H13FN2O4S2. The fraction of sp³-hybridized carbons (Fsp3) is 0.286. The fourth-order valence-electron chi connectivity index (χ4n) is 2.20. The molecule has 0 bridgehead atoms. The topological polar surface area (TPSA) is 76.0 Å². The number of hydrogen-bond acceptors (Lipinski definition) is 6. The van der Waals surface area contributed by atoms with E-state index in [9.17, 15) is 17.1 Å². The lowest BCUT2D eigenvalue weighted by atomic mass is 10.2. The van der Waals surface area contributed by atoms with Crippen LogP contribution in [0.1, 0.15) is 5.56 Å². The number of aliphatic imine (C=N–C) groups is 1. The first-order chi connectivity index (χ1) is 10.9. The van der Waals surface area contributed by atoms with Crippen LogP contribution in [0.15, 0.2) is 39.1 Å². The van der Waals surface area contributed by atoms with Crippen molar-refractivity contribution in [3.05, 3.63) is 34.7 Å². The van der Waals surface area contributed by atoms with Crippen molar-refractivity contribution >= 4 is 39.1 Å². The van der Waals surface area contributed by atoms with Crippen LogP contribution < -0.4 is 0 Å². The van der Waals surface area contributed by atoms with Crippen LogP contribution in [0.2, 0.25) is 0 Å². The van der Waals surface area contributed by atoms with Crippen LogP contribution in [0.25, 0.3) is 6.08 Å². The number of hydrogen-bond donors (Lipinski definition) is 0. The van der Waals surface area contributed by atoms with Crippen molar-refractivity contribution in [3.8, 4) is 0 Å². The van der Waals surface area contributed by atoms with Crippen molar-refractivity contribution in [3.63, 3.8) is 0 Å². The zero-order chi connectivity index (χ0) is 16.4. The molecule has 0 aromatic heterocycles. The normalized spacial score (nSPS) is 20.9. The van der Waals surface area contributed by atoms with E-state index in [0.717, 1.165) is 6.07 Å². The zero-order valence-corrected chi connectivity index (χ0v) is 13.6. The second kappa shape index (κ2) is 6.42. The Morgan fingerprint density at radius 3 is 2.74 bits per heavy atom. The van der Waals surface area contributed by atoms with Gasteiger partial charge < -0.3 is 9.64 Å². The van der Waals surface area contributed by atoms with Crippen molar-refractivity contribution in [1.82, 2.24) is 4.90 Å². The van der Waals surface area contributed by atoms with Crippen molar-refractivity contribution in [2.75, 3.05) is 26.3 Å². The summed E-state index contributed by atoms with van der Waals surface area (Å²) < 4.78 is 40.2. The summed E-state index contributed by atoms with van der Waals surface area (Å²) >= 11 is 1.22. The Morgan fingerprint density at radius 1 is 1.30 bits per heavy atom. The number of morpholine rings is 1. The molecule has 122 valence electrons. The number of ether oxygens (including phenoxy) is 1. The van der Waals surface area contributed by atoms with Crippen LogP contribution in [0.4, 0.5) is 3.89 Å². The van der Waals surface area contributed by atoms with Gasteiger partial charge in [-0.15, -0.1) is 3.89 Å². The largest absolute Gasteiger partial charge is 0.378 e. The highest BCUT2D eigenvalue weighted by atomic mass is 32.3. The lowest BCUT2D eigenvalue weighted by Crippen LogP contribution is -2.38. The van der Waals surface area contributed by atoms with E-state index in [1.165, 1.54) is 30.0 Å². The molecule has 0 N–H and O–H groups in total. The molecule has 0 atom stereocenters. The van der Waals surface area contributed by atoms with Gasteiger partial charge in [0.1, 0.15) is 0 Å². The van der Waals surface area contributed by atoms with Crippen LogP contribution in [-0.4, -0.2) is 50.7 Å². The van der Waals surface area contributed by atoms with E-state index >= 15 is 0 Å². The van der Waals surface area contributed by atoms with E-state index in [2.05, 4.69) is 4.99 Å². The van der Waals surface area contributed by atoms with Gasteiger partial charge >= 0.3 is 10.2 Å². The number of thioether (sulfide) groups is 1. The number of nitrogens with zero attached hydrogens (tertiary/aromatic N) is 2. The Hall–Kier alpha value is -1.71. The van der Waals surface area contributed by atoms with Gasteiger partial charge in [-0.05, 0) is 35.5 Å². The van der Waals surface area contributed by atoms with Crippen LogP contribution in [0.5, 0.6) is 0 Å². The van der Waals surface area contributed by atoms with Crippen LogP contribution in [-0.2, 0) is 19.8 Å². The number of rotatable bonds is 2. The Labute approximate surface area is 137 Å². The first-order valence-electron chi connectivity index (χ1n) is 6.83. The van der Waals surface area contributed by atoms with Crippen molar-refractivity contribution in [2.24, 2.45) is 4.99 Å². The highest BCUT2D eigenvalue weighted by Crippen LogP contribution is 2.30. The average molecular weight is 356 g/mol. The quantitative estimate of drug-likeness (QED) is 0.592. The minimum absolute atomic E-state index is 0.375. The Morgan fingerprint density at radius 2 is 2.04 bits per heavy atom. The summed E-state index contributed by atoms with van der Waals surface area (Å²) in [5, 5.41) is 0.610. The van der Waals surface area contributed by atoms with Crippen molar-refractivity contribution in [2.45, 2.75) is 4.90 Å². The molecule has 9 heteroatoms. The standard InChI is InChI=1S/C14H13FN2O4S2/c15-23(19,20)11-3-1-2-10(8-11)9-12-13(18)16-14(22-12)17-4-6-21-7-5-17/h1-3,8-9H,4-7H2/b12-9-. The van der Waals surface area contributed by atoms with E-state index in [1.807, 2.05) is 4.90 Å². The van der Waals surface area contributed by atoms with E-state index in [1.54, 1.807) is 6.07 Å². The SMILES string of the molecule is O=C1N=C(N2CCOCC2)S/C1=C\c1cccc(S(=O)(=O)F)c1. The summed E-state index contributed by atoms with van der Waals surface area (Å²) in [5.41, 5.74) is 0.429. The number of carbonyl (C=O) groups is 1. The third-order valence-electron chi connectivity index (χ3n) is 3.33. The summed E-state index contributed by atoms with van der Waals surface area (Å²) in [5.74, 6) is -0.384. The van der Waals surface area contributed by atoms with Gasteiger partial charge in [0, 0.05) is 13.1 Å². The molecule has 6 nitrogen and oxygen atoms in total. The van der Waals surface area contributed by atoms with Crippen LogP contribution in [0.3, 0.4) is 0 Å². The van der Waals surface area contributed by atoms with E-state index in [0.29, 0.717) is 41.9 Å². The maximum Gasteiger partial charge on any atom is 0.332 e. The zero-order valence-electron chi connectivity index (χ0n) is 11.9. The predicted octanol–water partition coefficient (Wildman–Crippen LogP) is 1.65. The smallest absolute Gasteiger partial charge is 0.332 e. The number of carbonyl (C=O) groups excluding carboxylic acids is 1. The highest BCUT2D eigenvalue weighted by molar-refractivity contribution is 8.18. The summed E-state index contributed by atoms with van der Waals surface area (Å²) in [7, 11) is -4.77. The first kappa shape index (κ1) is 16.2. The molecule has 2 heterocycles. The molecular weight excluding hydrogens is 343 g/mol. The highest BCUT2D eigenvalue weighted by Gasteiger charge is 2.27. The number of amidine groups is 1. The maximum atomic E-state index is 13.0. The Kier molecular flexibility index (Phi) is 4.51. The number of benzene rings is 1. The molecule has 0 aliphatic carbocycles. The van der Waals surface area contributed by atoms with E-state index in [4.69, 9.17) is 4.74 Å². The van der Waals surface area contributed by atoms with Gasteiger partial charge in [-0.3, -0.25) is 4.79 Å². The molecule has 1 amide bonds. The third-order valence-corrected chi connectivity index (χ3v) is 5.19. The summed E-state index contributed by atoms with van der Waals surface area (Å²) in [4.78, 5) is 17.9. The summed E-state index contributed by atoms with van der Waals surface area (Å²) in [6.07, 6.45) is 1.51. The molecule has 0 unspecified atom stereocenters. The van der Waals surface area contributed by atoms with Gasteiger partial charge in [0.15, 0.2) is 5.17 Å². The molecule has 1 saturated heterocycles. The predicted molar refractivity (Wildman–Crippen MR) is 85.1 cm³/mol. The molecule has 2 aliphatic rings. The summed E-state index contributed by atoms with van der Waals surface area (Å²) in [6, 6.07) is 5.37. The van der Waals surface area contributed by atoms with Crippen LogP contribution >= 0.6 is 11.8 Å². The third kappa shape index (κ3) is 3.80.